The van der Waals surface area contributed by atoms with Crippen molar-refractivity contribution in [2.45, 2.75) is 90.4 Å². The second kappa shape index (κ2) is 21.8. The number of rotatable bonds is 25. The number of imidazole rings is 1. The lowest BCUT2D eigenvalue weighted by Gasteiger charge is -2.30. The highest BCUT2D eigenvalue weighted by Gasteiger charge is 2.50. The minimum Gasteiger partial charge on any atom is -0.386 e. The first kappa shape index (κ1) is 50.6. The summed E-state index contributed by atoms with van der Waals surface area (Å²) in [4.78, 5) is 99.6. The lowest BCUT2D eigenvalue weighted by molar-refractivity contribution is -0.137. The maximum absolute atomic E-state index is 12.7. The third-order valence-corrected chi connectivity index (χ3v) is 12.3. The molecule has 0 spiro atoms. The molecular formula is C30H50N7O18P3S. The quantitative estimate of drug-likeness (QED) is 0.0371. The third-order valence-electron chi connectivity index (χ3n) is 8.34. The number of fused-ring (bicyclic) bond motifs is 1. The molecule has 0 bridgehead atoms. The van der Waals surface area contributed by atoms with Crippen molar-refractivity contribution in [3.8, 4) is 0 Å². The topological polar surface area (TPSA) is 381 Å². The number of nitrogens with one attached hydrogen (secondary N) is 2. The van der Waals surface area contributed by atoms with Gasteiger partial charge in [-0.2, -0.15) is 4.31 Å². The number of ether oxygens (including phenoxy) is 1. The molecule has 1 aliphatic rings. The van der Waals surface area contributed by atoms with Gasteiger partial charge in [-0.1, -0.05) is 45.9 Å². The van der Waals surface area contributed by atoms with E-state index >= 15 is 0 Å². The average Bonchev–Trinajstić information content (AvgIpc) is 3.67. The standard InChI is InChI=1S/C30H50N7O18P3S/c1-17(2)6-5-7-18(38)12-21(40)59-11-10-32-20(39)8-9-33-28(43)25(42)30(3,4)14-52-58(49,50)55-57(47,48)51-13-19-24(54-56(44,45)46)23(41)29(53-19)37-16-36-22-26(31)34-15-35-27(22)37/h15-17,19,23-25,29,41-42H,5-14H2,1-4H3,(H,32,39)(H,33,43)(H,47,48)(H,49,50)(H2,31,34,35)(H2,44,45,46). The van der Waals surface area contributed by atoms with Gasteiger partial charge in [0.25, 0.3) is 0 Å². The minimum absolute atomic E-state index is 0.0248. The summed E-state index contributed by atoms with van der Waals surface area (Å²) in [7, 11) is -16.4. The van der Waals surface area contributed by atoms with E-state index in [2.05, 4.69) is 34.4 Å². The Hall–Kier alpha value is -2.77. The van der Waals surface area contributed by atoms with Crippen molar-refractivity contribution in [3.63, 3.8) is 0 Å². The molecule has 25 nitrogen and oxygen atoms in total. The molecule has 0 aliphatic carbocycles. The molecule has 3 rings (SSSR count). The molecule has 10 N–H and O–H groups in total. The van der Waals surface area contributed by atoms with Gasteiger partial charge in [0.05, 0.1) is 26.0 Å². The molecule has 1 aliphatic heterocycles. The van der Waals surface area contributed by atoms with Gasteiger partial charge in [0, 0.05) is 37.1 Å². The zero-order chi connectivity index (χ0) is 44.3. The minimum atomic E-state index is -5.58. The first-order chi connectivity index (χ1) is 27.3. The normalized spacial score (nSPS) is 21.2. The van der Waals surface area contributed by atoms with E-state index in [0.717, 1.165) is 41.8 Å². The number of aromatic nitrogens is 4. The van der Waals surface area contributed by atoms with E-state index in [1.165, 1.54) is 13.8 Å². The summed E-state index contributed by atoms with van der Waals surface area (Å²) >= 11 is 0.917. The second-order valence-electron chi connectivity index (χ2n) is 14.3. The Bertz CT molecular complexity index is 1930. The molecule has 7 atom stereocenters. The number of aliphatic hydroxyl groups excluding tert-OH is 2. The molecule has 334 valence electrons. The van der Waals surface area contributed by atoms with Gasteiger partial charge in [0.15, 0.2) is 22.8 Å². The second-order valence-corrected chi connectivity index (χ2v) is 19.7. The third kappa shape index (κ3) is 16.6. The number of phosphoric acid groups is 3. The summed E-state index contributed by atoms with van der Waals surface area (Å²) < 4.78 is 62.1. The fourth-order valence-electron chi connectivity index (χ4n) is 5.30. The number of carbonyl (C=O) groups is 4. The van der Waals surface area contributed by atoms with Crippen molar-refractivity contribution in [2.75, 3.05) is 37.8 Å². The molecule has 2 aromatic heterocycles. The summed E-state index contributed by atoms with van der Waals surface area (Å²) in [5, 5.41) is 26.0. The van der Waals surface area contributed by atoms with Gasteiger partial charge in [-0.25, -0.2) is 28.6 Å². The van der Waals surface area contributed by atoms with E-state index < -0.39 is 84.6 Å². The van der Waals surface area contributed by atoms with Crippen LogP contribution in [0.2, 0.25) is 0 Å². The summed E-state index contributed by atoms with van der Waals surface area (Å²) in [5.74, 6) is -0.973. The smallest absolute Gasteiger partial charge is 0.386 e. The maximum Gasteiger partial charge on any atom is 0.481 e. The van der Waals surface area contributed by atoms with Crippen molar-refractivity contribution in [1.82, 2.24) is 30.2 Å². The molecule has 7 unspecified atom stereocenters. The maximum atomic E-state index is 12.7. The molecule has 2 aromatic rings. The van der Waals surface area contributed by atoms with Crippen LogP contribution in [0.3, 0.4) is 0 Å². The van der Waals surface area contributed by atoms with Crippen LogP contribution in [-0.2, 0) is 55.5 Å². The lowest BCUT2D eigenvalue weighted by atomic mass is 9.87. The molecular weight excluding hydrogens is 871 g/mol. The van der Waals surface area contributed by atoms with Crippen LogP contribution in [0.1, 0.15) is 66.0 Å². The fourth-order valence-corrected chi connectivity index (χ4v) is 8.83. The summed E-state index contributed by atoms with van der Waals surface area (Å²) in [6.45, 7) is 4.41. The van der Waals surface area contributed by atoms with Gasteiger partial charge < -0.3 is 50.9 Å². The van der Waals surface area contributed by atoms with Crippen LogP contribution in [0.25, 0.3) is 11.2 Å². The van der Waals surface area contributed by atoms with Crippen LogP contribution in [0.5, 0.6) is 0 Å². The van der Waals surface area contributed by atoms with Crippen LogP contribution >= 0.6 is 35.2 Å². The van der Waals surface area contributed by atoms with E-state index in [1.54, 1.807) is 0 Å². The fraction of sp³-hybridized carbons (Fsp3) is 0.700. The highest BCUT2D eigenvalue weighted by Crippen LogP contribution is 2.61. The van der Waals surface area contributed by atoms with Gasteiger partial charge in [-0.05, 0) is 12.3 Å². The first-order valence-corrected chi connectivity index (χ1v) is 23.4. The number of aliphatic hydroxyl groups is 2. The van der Waals surface area contributed by atoms with E-state index in [9.17, 15) is 62.7 Å². The zero-order valence-corrected chi connectivity index (χ0v) is 35.9. The molecule has 1 fully saturated rings. The molecule has 1 saturated heterocycles. The monoisotopic (exact) mass is 921 g/mol. The highest BCUT2D eigenvalue weighted by atomic mass is 32.2. The molecule has 0 aromatic carbocycles. The molecule has 3 heterocycles. The van der Waals surface area contributed by atoms with Crippen LogP contribution < -0.4 is 16.4 Å². The van der Waals surface area contributed by atoms with Crippen LogP contribution in [0.15, 0.2) is 12.7 Å². The molecule has 0 radical (unpaired) electrons. The zero-order valence-electron chi connectivity index (χ0n) is 32.4. The Labute approximate surface area is 341 Å². The molecule has 59 heavy (non-hydrogen) atoms. The van der Waals surface area contributed by atoms with Crippen molar-refractivity contribution in [3.05, 3.63) is 12.7 Å². The molecule has 2 amide bonds. The van der Waals surface area contributed by atoms with Gasteiger partial charge in [0.1, 0.15) is 42.0 Å². The van der Waals surface area contributed by atoms with Gasteiger partial charge >= 0.3 is 23.5 Å². The van der Waals surface area contributed by atoms with E-state index in [0.29, 0.717) is 12.3 Å². The average molecular weight is 922 g/mol. The molecule has 0 saturated carbocycles. The van der Waals surface area contributed by atoms with Crippen LogP contribution in [-0.4, -0.2) is 128 Å². The number of nitrogens with zero attached hydrogens (tertiary/aromatic N) is 4. The number of ketones is 1. The highest BCUT2D eigenvalue weighted by molar-refractivity contribution is 8.13. The Morgan fingerprint density at radius 2 is 1.69 bits per heavy atom. The number of thioether (sulfide) groups is 1. The van der Waals surface area contributed by atoms with E-state index in [1.807, 2.05) is 13.8 Å². The largest absolute Gasteiger partial charge is 0.481 e. The Kier molecular flexibility index (Phi) is 18.7. The summed E-state index contributed by atoms with van der Waals surface area (Å²) in [5.41, 5.74) is 4.23. The summed E-state index contributed by atoms with van der Waals surface area (Å²) in [6.07, 6.45) is -5.25. The van der Waals surface area contributed by atoms with E-state index in [4.69, 9.17) is 19.5 Å². The van der Waals surface area contributed by atoms with Gasteiger partial charge in [-0.15, -0.1) is 0 Å². The van der Waals surface area contributed by atoms with Crippen molar-refractivity contribution >= 4 is 74.9 Å². The van der Waals surface area contributed by atoms with Crippen LogP contribution in [0.4, 0.5) is 5.82 Å². The molecule has 29 heteroatoms. The van der Waals surface area contributed by atoms with Crippen molar-refractivity contribution in [1.29, 1.82) is 0 Å². The number of nitrogens with two attached hydrogens (primary N) is 1. The Morgan fingerprint density at radius 3 is 2.36 bits per heavy atom. The predicted molar refractivity (Wildman–Crippen MR) is 205 cm³/mol. The van der Waals surface area contributed by atoms with Gasteiger partial charge in [-0.3, -0.25) is 37.3 Å². The number of anilines is 1. The number of carbonyl (C=O) groups excluding carboxylic acids is 4. The number of hydrogen-bond donors (Lipinski definition) is 9. The Morgan fingerprint density at radius 1 is 1.02 bits per heavy atom. The summed E-state index contributed by atoms with van der Waals surface area (Å²) in [6, 6.07) is 0. The van der Waals surface area contributed by atoms with Crippen molar-refractivity contribution in [2.24, 2.45) is 11.3 Å². The number of Topliss-reactive ketones (excluding diaryl/α,β-unsaturated/α-hetero) is 1. The van der Waals surface area contributed by atoms with Gasteiger partial charge in [0.2, 0.25) is 11.8 Å². The van der Waals surface area contributed by atoms with E-state index in [-0.39, 0.29) is 59.6 Å². The number of phosphoric ester groups is 3. The number of amides is 2. The van der Waals surface area contributed by atoms with Crippen LogP contribution in [0, 0.1) is 11.3 Å². The number of hydrogen-bond acceptors (Lipinski definition) is 19. The Balaban J connectivity index is 1.44. The lowest BCUT2D eigenvalue weighted by Crippen LogP contribution is -2.46. The predicted octanol–water partition coefficient (Wildman–Crippen LogP) is 0.450. The first-order valence-electron chi connectivity index (χ1n) is 17.9. The SMILES string of the molecule is CC(C)CCCC(=O)CC(=O)SCCNC(=O)CCNC(=O)C(O)C(C)(C)COP(=O)(O)OP(=O)(O)OCC1OC(n2cnc3c(N)ncnc32)C(O)C1OP(=O)(O)O. The van der Waals surface area contributed by atoms with Crippen molar-refractivity contribution < 1.29 is 85.3 Å². The number of nitrogen functional groups attached to an aromatic ring is 1.